The monoisotopic (exact) mass is 513 g/mol. The highest BCUT2D eigenvalue weighted by Gasteiger charge is 2.21. The molecule has 0 saturated carbocycles. The molecular formula is C32H32FNO4. The number of ether oxygens (including phenoxy) is 1. The number of aryl methyl sites for hydroxylation is 1. The van der Waals surface area contributed by atoms with Crippen molar-refractivity contribution >= 4 is 22.6 Å². The number of fused-ring (bicyclic) bond motifs is 1. The molecule has 0 aliphatic rings. The number of carbonyl (C=O) groups is 2. The van der Waals surface area contributed by atoms with Gasteiger partial charge in [-0.25, -0.2) is 4.39 Å². The minimum Gasteiger partial charge on any atom is -0.489 e. The zero-order chi connectivity index (χ0) is 27.1. The van der Waals surface area contributed by atoms with Crippen LogP contribution in [0.2, 0.25) is 0 Å². The molecule has 4 rings (SSSR count). The van der Waals surface area contributed by atoms with Gasteiger partial charge in [-0.3, -0.25) is 9.59 Å². The number of aliphatic carboxylic acids is 1. The van der Waals surface area contributed by atoms with Crippen LogP contribution in [0.25, 0.3) is 10.8 Å². The molecule has 0 bridgehead atoms. The van der Waals surface area contributed by atoms with Crippen LogP contribution in [0.5, 0.6) is 5.75 Å². The maximum atomic E-state index is 13.7. The van der Waals surface area contributed by atoms with E-state index in [0.29, 0.717) is 22.8 Å². The fourth-order valence-corrected chi connectivity index (χ4v) is 4.61. The molecule has 0 saturated heterocycles. The Morgan fingerprint density at radius 1 is 0.947 bits per heavy atom. The van der Waals surface area contributed by atoms with E-state index in [1.165, 1.54) is 12.1 Å². The van der Waals surface area contributed by atoms with Gasteiger partial charge in [0.05, 0.1) is 6.04 Å². The molecule has 4 aromatic rings. The normalized spacial score (nSPS) is 11.9. The van der Waals surface area contributed by atoms with Crippen molar-refractivity contribution in [1.82, 2.24) is 5.32 Å². The molecule has 1 atom stereocenters. The van der Waals surface area contributed by atoms with Crippen LogP contribution in [-0.4, -0.2) is 17.0 Å². The molecule has 6 heteroatoms. The van der Waals surface area contributed by atoms with Gasteiger partial charge in [0.25, 0.3) is 5.91 Å². The van der Waals surface area contributed by atoms with Gasteiger partial charge in [-0.15, -0.1) is 0 Å². The minimum atomic E-state index is -0.923. The van der Waals surface area contributed by atoms with Crippen molar-refractivity contribution in [3.8, 4) is 5.75 Å². The Labute approximate surface area is 222 Å². The molecule has 196 valence electrons. The summed E-state index contributed by atoms with van der Waals surface area (Å²) in [4.78, 5) is 25.0. The predicted octanol–water partition coefficient (Wildman–Crippen LogP) is 7.09. The second kappa shape index (κ2) is 12.4. The van der Waals surface area contributed by atoms with Crippen LogP contribution >= 0.6 is 0 Å². The third-order valence-corrected chi connectivity index (χ3v) is 6.46. The van der Waals surface area contributed by atoms with Crippen molar-refractivity contribution in [2.75, 3.05) is 0 Å². The van der Waals surface area contributed by atoms with Crippen LogP contribution in [-0.2, 0) is 17.8 Å². The standard InChI is InChI=1S/C32H32FNO4/c1-21(2)18-30(28-9-5-7-23-6-3-4-8-27(23)28)34-32(37)29-19-22(10-11-24(29)12-17-31(35)36)20-38-26-15-13-25(33)14-16-26/h3-11,13-16,19,21,30H,12,17-18,20H2,1-2H3,(H,34,37)(H,35,36). The van der Waals surface area contributed by atoms with Crippen LogP contribution < -0.4 is 10.1 Å². The van der Waals surface area contributed by atoms with E-state index in [0.717, 1.165) is 28.3 Å². The maximum Gasteiger partial charge on any atom is 0.303 e. The van der Waals surface area contributed by atoms with Crippen molar-refractivity contribution in [1.29, 1.82) is 0 Å². The zero-order valence-corrected chi connectivity index (χ0v) is 21.6. The summed E-state index contributed by atoms with van der Waals surface area (Å²) in [5.74, 6) is -0.677. The number of carboxylic acids is 1. The molecule has 0 aromatic heterocycles. The van der Waals surface area contributed by atoms with E-state index in [-0.39, 0.29) is 37.2 Å². The van der Waals surface area contributed by atoms with E-state index in [1.54, 1.807) is 24.3 Å². The number of hydrogen-bond donors (Lipinski definition) is 2. The van der Waals surface area contributed by atoms with E-state index < -0.39 is 5.97 Å². The summed E-state index contributed by atoms with van der Waals surface area (Å²) in [7, 11) is 0. The molecular weight excluding hydrogens is 481 g/mol. The average molecular weight is 514 g/mol. The van der Waals surface area contributed by atoms with Crippen molar-refractivity contribution in [3.05, 3.63) is 113 Å². The first-order valence-corrected chi connectivity index (χ1v) is 12.8. The molecule has 0 aliphatic heterocycles. The number of nitrogens with one attached hydrogen (secondary N) is 1. The van der Waals surface area contributed by atoms with E-state index in [2.05, 4.69) is 37.4 Å². The van der Waals surface area contributed by atoms with Gasteiger partial charge >= 0.3 is 5.97 Å². The highest BCUT2D eigenvalue weighted by molar-refractivity contribution is 5.97. The van der Waals surface area contributed by atoms with Crippen LogP contribution in [0.3, 0.4) is 0 Å². The second-order valence-corrected chi connectivity index (χ2v) is 9.85. The SMILES string of the molecule is CC(C)CC(NC(=O)c1cc(COc2ccc(F)cc2)ccc1CCC(=O)O)c1cccc2ccccc12. The van der Waals surface area contributed by atoms with Crippen LogP contribution in [0.15, 0.2) is 84.9 Å². The van der Waals surface area contributed by atoms with Gasteiger partial charge < -0.3 is 15.2 Å². The first-order valence-electron chi connectivity index (χ1n) is 12.8. The van der Waals surface area contributed by atoms with Gasteiger partial charge in [0.15, 0.2) is 0 Å². The zero-order valence-electron chi connectivity index (χ0n) is 21.6. The van der Waals surface area contributed by atoms with Crippen molar-refractivity contribution < 1.29 is 23.8 Å². The smallest absolute Gasteiger partial charge is 0.303 e. The minimum absolute atomic E-state index is 0.0789. The average Bonchev–Trinajstić information content (AvgIpc) is 2.90. The molecule has 0 spiro atoms. The number of carboxylic acid groups (broad SMARTS) is 1. The number of benzene rings is 4. The Balaban J connectivity index is 1.63. The molecule has 1 amide bonds. The number of amides is 1. The Hall–Kier alpha value is -4.19. The predicted molar refractivity (Wildman–Crippen MR) is 147 cm³/mol. The molecule has 4 aromatic carbocycles. The summed E-state index contributed by atoms with van der Waals surface area (Å²) < 4.78 is 19.0. The number of rotatable bonds is 11. The molecule has 5 nitrogen and oxygen atoms in total. The molecule has 2 N–H and O–H groups in total. The topological polar surface area (TPSA) is 75.6 Å². The van der Waals surface area contributed by atoms with E-state index in [9.17, 15) is 19.1 Å². The Bertz CT molecular complexity index is 1410. The van der Waals surface area contributed by atoms with Gasteiger partial charge in [0.2, 0.25) is 0 Å². The largest absolute Gasteiger partial charge is 0.489 e. The fraction of sp³-hybridized carbons (Fsp3) is 0.250. The lowest BCUT2D eigenvalue weighted by Gasteiger charge is -2.24. The Kier molecular flexibility index (Phi) is 8.74. The van der Waals surface area contributed by atoms with E-state index in [1.807, 2.05) is 30.3 Å². The summed E-state index contributed by atoms with van der Waals surface area (Å²) in [5.41, 5.74) is 2.90. The molecule has 0 heterocycles. The number of halogens is 1. The highest BCUT2D eigenvalue weighted by atomic mass is 19.1. The highest BCUT2D eigenvalue weighted by Crippen LogP contribution is 2.29. The van der Waals surface area contributed by atoms with Gasteiger partial charge in [-0.05, 0) is 76.6 Å². The Morgan fingerprint density at radius 2 is 1.68 bits per heavy atom. The quantitative estimate of drug-likeness (QED) is 0.224. The third kappa shape index (κ3) is 6.97. The number of hydrogen-bond acceptors (Lipinski definition) is 3. The summed E-state index contributed by atoms with van der Waals surface area (Å²) in [6.45, 7) is 4.43. The number of carbonyl (C=O) groups excluding carboxylic acids is 1. The van der Waals surface area contributed by atoms with Crippen molar-refractivity contribution in [2.24, 2.45) is 5.92 Å². The lowest BCUT2D eigenvalue weighted by Crippen LogP contribution is -2.30. The molecule has 1 unspecified atom stereocenters. The molecule has 0 radical (unpaired) electrons. The maximum absolute atomic E-state index is 13.7. The Morgan fingerprint density at radius 3 is 2.42 bits per heavy atom. The van der Waals surface area contributed by atoms with Gasteiger partial charge in [-0.1, -0.05) is 68.4 Å². The van der Waals surface area contributed by atoms with Crippen molar-refractivity contribution in [2.45, 2.75) is 45.8 Å². The van der Waals surface area contributed by atoms with Gasteiger partial charge in [0, 0.05) is 12.0 Å². The van der Waals surface area contributed by atoms with Crippen LogP contribution in [0, 0.1) is 11.7 Å². The second-order valence-electron chi connectivity index (χ2n) is 9.85. The van der Waals surface area contributed by atoms with Gasteiger partial charge in [0.1, 0.15) is 18.2 Å². The lowest BCUT2D eigenvalue weighted by atomic mass is 9.92. The molecule has 0 fully saturated rings. The van der Waals surface area contributed by atoms with E-state index >= 15 is 0 Å². The van der Waals surface area contributed by atoms with E-state index in [4.69, 9.17) is 4.74 Å². The summed E-state index contributed by atoms with van der Waals surface area (Å²) in [6, 6.07) is 25.1. The lowest BCUT2D eigenvalue weighted by molar-refractivity contribution is -0.136. The first-order chi connectivity index (χ1) is 18.3. The molecule has 0 aliphatic carbocycles. The van der Waals surface area contributed by atoms with Crippen LogP contribution in [0.1, 0.15) is 59.8 Å². The first kappa shape index (κ1) is 26.9. The van der Waals surface area contributed by atoms with Crippen molar-refractivity contribution in [3.63, 3.8) is 0 Å². The summed E-state index contributed by atoms with van der Waals surface area (Å²) in [5, 5.41) is 14.7. The van der Waals surface area contributed by atoms with Gasteiger partial charge in [-0.2, -0.15) is 0 Å². The molecule has 38 heavy (non-hydrogen) atoms. The summed E-state index contributed by atoms with van der Waals surface area (Å²) in [6.07, 6.45) is 0.905. The fourth-order valence-electron chi connectivity index (χ4n) is 4.61. The summed E-state index contributed by atoms with van der Waals surface area (Å²) >= 11 is 0. The third-order valence-electron chi connectivity index (χ3n) is 6.46. The van der Waals surface area contributed by atoms with Crippen LogP contribution in [0.4, 0.5) is 4.39 Å².